The molecule has 0 saturated carbocycles. The zero-order valence-corrected chi connectivity index (χ0v) is 18.3. The summed E-state index contributed by atoms with van der Waals surface area (Å²) in [4.78, 5) is 53.6. The predicted molar refractivity (Wildman–Crippen MR) is 111 cm³/mol. The number of aromatic carboxylic acids is 2. The second-order valence-corrected chi connectivity index (χ2v) is 5.73. The molecule has 0 fully saturated rings. The van der Waals surface area contributed by atoms with E-state index in [-0.39, 0.29) is 62.2 Å². The van der Waals surface area contributed by atoms with Crippen LogP contribution in [-0.4, -0.2) is 81.4 Å². The summed E-state index contributed by atoms with van der Waals surface area (Å²) in [6.07, 6.45) is 0.999. The van der Waals surface area contributed by atoms with Crippen molar-refractivity contribution in [1.82, 2.24) is 0 Å². The van der Waals surface area contributed by atoms with Crippen molar-refractivity contribution >= 4 is 52.9 Å². The number of rotatable bonds is 10. The van der Waals surface area contributed by atoms with Crippen LogP contribution in [0.25, 0.3) is 0 Å². The van der Waals surface area contributed by atoms with Crippen molar-refractivity contribution in [3.8, 4) is 0 Å². The third-order valence-corrected chi connectivity index (χ3v) is 3.38. The standard InChI is InChI=1S/C12H16O6.C8H6O4.Mg.2H/c1-4-10(13)18-7-9(11(14)15)5-6-17-12(16)8(2)3;9-7(10)5-3-1-2-4-6(5)8(11)12;;;/h4,9H,1-2,5-7H2,3H3,(H,14,15);1-4H,(H,9,10)(H,11,12);;;/q;;+2;2*-1. The van der Waals surface area contributed by atoms with Crippen LogP contribution in [-0.2, 0) is 23.9 Å². The van der Waals surface area contributed by atoms with E-state index in [2.05, 4.69) is 17.9 Å². The monoisotopic (exact) mass is 448 g/mol. The first-order chi connectivity index (χ1) is 14.0. The summed E-state index contributed by atoms with van der Waals surface area (Å²) in [6.45, 7) is 7.70. The number of benzene rings is 1. The first-order valence-electron chi connectivity index (χ1n) is 8.41. The number of carbonyl (C=O) groups is 5. The second-order valence-electron chi connectivity index (χ2n) is 5.73. The number of carboxylic acids is 3. The minimum Gasteiger partial charge on any atom is -1.00 e. The summed E-state index contributed by atoms with van der Waals surface area (Å²) < 4.78 is 9.38. The third-order valence-electron chi connectivity index (χ3n) is 3.38. The summed E-state index contributed by atoms with van der Waals surface area (Å²) in [5.74, 6) is -5.78. The normalized spacial score (nSPS) is 10.1. The van der Waals surface area contributed by atoms with Gasteiger partial charge in [0.15, 0.2) is 0 Å². The van der Waals surface area contributed by atoms with Crippen molar-refractivity contribution < 1.29 is 51.6 Å². The number of ether oxygens (including phenoxy) is 2. The van der Waals surface area contributed by atoms with Crippen LogP contribution in [0.5, 0.6) is 0 Å². The van der Waals surface area contributed by atoms with Gasteiger partial charge in [-0.1, -0.05) is 25.3 Å². The van der Waals surface area contributed by atoms with E-state index in [4.69, 9.17) is 20.1 Å². The summed E-state index contributed by atoms with van der Waals surface area (Å²) >= 11 is 0. The zero-order chi connectivity index (χ0) is 23.3. The number of hydrogen-bond acceptors (Lipinski definition) is 7. The van der Waals surface area contributed by atoms with Crippen LogP contribution in [0.3, 0.4) is 0 Å². The maximum Gasteiger partial charge on any atom is 2.00 e. The molecule has 10 nitrogen and oxygen atoms in total. The molecular formula is C20H24MgO10. The molecule has 31 heavy (non-hydrogen) atoms. The molecular weight excluding hydrogens is 425 g/mol. The van der Waals surface area contributed by atoms with Crippen molar-refractivity contribution in [2.75, 3.05) is 13.2 Å². The van der Waals surface area contributed by atoms with Gasteiger partial charge in [0, 0.05) is 11.6 Å². The number of carboxylic acid groups (broad SMARTS) is 3. The Balaban J connectivity index is -0.000000247. The van der Waals surface area contributed by atoms with Crippen LogP contribution < -0.4 is 0 Å². The van der Waals surface area contributed by atoms with Gasteiger partial charge in [-0.3, -0.25) is 4.79 Å². The Hall–Kier alpha value is -3.18. The summed E-state index contributed by atoms with van der Waals surface area (Å²) in [5, 5.41) is 26.0. The van der Waals surface area contributed by atoms with E-state index in [0.29, 0.717) is 0 Å². The average Bonchev–Trinajstić information content (AvgIpc) is 2.69. The molecule has 0 aliphatic rings. The first kappa shape index (κ1) is 30.0. The number of esters is 2. The van der Waals surface area contributed by atoms with E-state index in [0.717, 1.165) is 6.08 Å². The van der Waals surface area contributed by atoms with Crippen molar-refractivity contribution in [3.05, 3.63) is 60.2 Å². The Kier molecular flexibility index (Phi) is 15.1. The maximum atomic E-state index is 11.0. The van der Waals surface area contributed by atoms with Gasteiger partial charge in [0.05, 0.1) is 23.7 Å². The van der Waals surface area contributed by atoms with E-state index in [9.17, 15) is 24.0 Å². The van der Waals surface area contributed by atoms with Gasteiger partial charge < -0.3 is 27.6 Å². The van der Waals surface area contributed by atoms with Crippen LogP contribution in [0, 0.1) is 5.92 Å². The van der Waals surface area contributed by atoms with Crippen LogP contribution >= 0.6 is 0 Å². The van der Waals surface area contributed by atoms with E-state index < -0.39 is 35.8 Å². The molecule has 0 aliphatic carbocycles. The molecule has 1 unspecified atom stereocenters. The fraction of sp³-hybridized carbons (Fsp3) is 0.250. The van der Waals surface area contributed by atoms with Crippen molar-refractivity contribution in [3.63, 3.8) is 0 Å². The molecule has 0 amide bonds. The van der Waals surface area contributed by atoms with Crippen molar-refractivity contribution in [2.45, 2.75) is 13.3 Å². The second kappa shape index (κ2) is 15.6. The number of carbonyl (C=O) groups excluding carboxylic acids is 2. The van der Waals surface area contributed by atoms with Crippen LogP contribution in [0.2, 0.25) is 0 Å². The van der Waals surface area contributed by atoms with Crippen LogP contribution in [0.15, 0.2) is 49.1 Å². The van der Waals surface area contributed by atoms with Gasteiger partial charge in [0.25, 0.3) is 0 Å². The quantitative estimate of drug-likeness (QED) is 0.273. The maximum absolute atomic E-state index is 11.0. The van der Waals surface area contributed by atoms with Gasteiger partial charge in [-0.05, 0) is 25.5 Å². The van der Waals surface area contributed by atoms with Gasteiger partial charge >= 0.3 is 52.9 Å². The molecule has 166 valence electrons. The smallest absolute Gasteiger partial charge is 1.00 e. The van der Waals surface area contributed by atoms with E-state index >= 15 is 0 Å². The Labute approximate surface area is 197 Å². The SMILES string of the molecule is C=CC(=O)OCC(CCOC(=O)C(=C)C)C(=O)O.O=C(O)c1ccccc1C(=O)O.[H-].[H-].[Mg+2]. The fourth-order valence-corrected chi connectivity index (χ4v) is 1.79. The molecule has 0 radical (unpaired) electrons. The molecule has 11 heteroatoms. The number of aliphatic carboxylic acids is 1. The molecule has 1 rings (SSSR count). The summed E-state index contributed by atoms with van der Waals surface area (Å²) in [7, 11) is 0. The molecule has 0 heterocycles. The topological polar surface area (TPSA) is 164 Å². The molecule has 0 aromatic heterocycles. The summed E-state index contributed by atoms with van der Waals surface area (Å²) in [5.41, 5.74) is -0.144. The Morgan fingerprint density at radius 3 is 1.87 bits per heavy atom. The molecule has 0 aliphatic heterocycles. The molecule has 1 atom stereocenters. The van der Waals surface area contributed by atoms with E-state index in [1.165, 1.54) is 31.2 Å². The van der Waals surface area contributed by atoms with Crippen LogP contribution in [0.1, 0.15) is 36.9 Å². The van der Waals surface area contributed by atoms with Gasteiger partial charge in [-0.15, -0.1) is 0 Å². The Bertz CT molecular complexity index is 809. The minimum absolute atomic E-state index is 0. The van der Waals surface area contributed by atoms with E-state index in [1.54, 1.807) is 0 Å². The van der Waals surface area contributed by atoms with Gasteiger partial charge in [0.2, 0.25) is 0 Å². The van der Waals surface area contributed by atoms with Crippen molar-refractivity contribution in [2.24, 2.45) is 5.92 Å². The predicted octanol–water partition coefficient (Wildman–Crippen LogP) is 1.85. The fourth-order valence-electron chi connectivity index (χ4n) is 1.79. The molecule has 0 saturated heterocycles. The minimum atomic E-state index is -1.23. The Morgan fingerprint density at radius 2 is 1.52 bits per heavy atom. The van der Waals surface area contributed by atoms with Crippen molar-refractivity contribution in [1.29, 1.82) is 0 Å². The molecule has 0 spiro atoms. The molecule has 3 N–H and O–H groups in total. The van der Waals surface area contributed by atoms with Crippen LogP contribution in [0.4, 0.5) is 0 Å². The van der Waals surface area contributed by atoms with Gasteiger partial charge in [-0.2, -0.15) is 0 Å². The third kappa shape index (κ3) is 12.2. The Morgan fingerprint density at radius 1 is 1.03 bits per heavy atom. The first-order valence-corrected chi connectivity index (χ1v) is 8.41. The zero-order valence-electron chi connectivity index (χ0n) is 18.9. The summed E-state index contributed by atoms with van der Waals surface area (Å²) in [6, 6.07) is 5.48. The average molecular weight is 449 g/mol. The largest absolute Gasteiger partial charge is 2.00 e. The molecule has 0 bridgehead atoms. The molecule has 1 aromatic carbocycles. The van der Waals surface area contributed by atoms with Gasteiger partial charge in [-0.25, -0.2) is 19.2 Å². The van der Waals surface area contributed by atoms with Gasteiger partial charge in [0.1, 0.15) is 6.61 Å². The van der Waals surface area contributed by atoms with E-state index in [1.807, 2.05) is 0 Å². The number of hydrogen-bond donors (Lipinski definition) is 3. The molecule has 1 aromatic rings.